The highest BCUT2D eigenvalue weighted by atomic mass is 35.5. The normalized spacial score (nSPS) is 11.6. The predicted octanol–water partition coefficient (Wildman–Crippen LogP) is 4.27. The van der Waals surface area contributed by atoms with Crippen LogP contribution in [0.3, 0.4) is 0 Å². The minimum Gasteiger partial charge on any atom is -0.484 e. The lowest BCUT2D eigenvalue weighted by atomic mass is 10.1. The number of nitro benzene ring substituents is 1. The summed E-state index contributed by atoms with van der Waals surface area (Å²) in [7, 11) is 0. The molecule has 3 rings (SSSR count). The van der Waals surface area contributed by atoms with Crippen molar-refractivity contribution in [3.63, 3.8) is 0 Å². The molecule has 1 atom stereocenters. The second-order valence-corrected chi connectivity index (χ2v) is 7.59. The summed E-state index contributed by atoms with van der Waals surface area (Å²) in [5.74, 6) is -0.365. The van der Waals surface area contributed by atoms with Crippen molar-refractivity contribution in [2.45, 2.75) is 13.0 Å². The zero-order valence-electron chi connectivity index (χ0n) is 18.1. The van der Waals surface area contributed by atoms with Gasteiger partial charge in [0.25, 0.3) is 17.5 Å². The number of hydrazone groups is 1. The number of hydrogen-bond donors (Lipinski definition) is 2. The maximum atomic E-state index is 12.1. The molecule has 2 amide bonds. The van der Waals surface area contributed by atoms with Gasteiger partial charge in [-0.25, -0.2) is 5.43 Å². The third-order valence-corrected chi connectivity index (χ3v) is 5.03. The average Bonchev–Trinajstić information content (AvgIpc) is 2.84. The molecule has 0 aliphatic heterocycles. The molecule has 0 aliphatic rings. The van der Waals surface area contributed by atoms with E-state index in [-0.39, 0.29) is 34.8 Å². The number of carbonyl (C=O) groups is 2. The van der Waals surface area contributed by atoms with Crippen molar-refractivity contribution >= 4 is 35.3 Å². The highest BCUT2D eigenvalue weighted by Crippen LogP contribution is 2.25. The number of halogens is 1. The summed E-state index contributed by atoms with van der Waals surface area (Å²) in [6, 6.07) is 19.9. The van der Waals surface area contributed by atoms with Crippen LogP contribution in [-0.4, -0.2) is 29.6 Å². The van der Waals surface area contributed by atoms with Gasteiger partial charge in [0, 0.05) is 11.6 Å². The SMILES string of the molecule is C[C@@H](NC(=O)COc1ccc(/C=N\NC(=O)c2ccc(Cl)c([N+](=O)[O-])c2)cc1)c1ccccc1. The van der Waals surface area contributed by atoms with Crippen LogP contribution in [0.4, 0.5) is 5.69 Å². The molecule has 0 saturated carbocycles. The van der Waals surface area contributed by atoms with E-state index >= 15 is 0 Å². The van der Waals surface area contributed by atoms with E-state index in [2.05, 4.69) is 15.8 Å². The van der Waals surface area contributed by atoms with E-state index in [4.69, 9.17) is 16.3 Å². The summed E-state index contributed by atoms with van der Waals surface area (Å²) >= 11 is 5.74. The number of ether oxygens (including phenoxy) is 1. The number of rotatable bonds is 9. The van der Waals surface area contributed by atoms with Crippen LogP contribution >= 0.6 is 11.6 Å². The maximum Gasteiger partial charge on any atom is 0.288 e. The molecule has 34 heavy (non-hydrogen) atoms. The van der Waals surface area contributed by atoms with E-state index in [1.165, 1.54) is 18.3 Å². The first-order chi connectivity index (χ1) is 16.3. The molecule has 0 radical (unpaired) electrons. The Morgan fingerprint density at radius 3 is 2.50 bits per heavy atom. The molecule has 0 fully saturated rings. The molecule has 0 saturated heterocycles. The molecule has 0 aromatic heterocycles. The quantitative estimate of drug-likeness (QED) is 0.269. The van der Waals surface area contributed by atoms with Crippen molar-refractivity contribution < 1.29 is 19.2 Å². The molecule has 0 heterocycles. The molecule has 3 aromatic carbocycles. The van der Waals surface area contributed by atoms with Crippen LogP contribution in [0.5, 0.6) is 5.75 Å². The summed E-state index contributed by atoms with van der Waals surface area (Å²) in [6.07, 6.45) is 1.40. The highest BCUT2D eigenvalue weighted by molar-refractivity contribution is 6.32. The molecule has 0 aliphatic carbocycles. The fourth-order valence-electron chi connectivity index (χ4n) is 2.93. The van der Waals surface area contributed by atoms with Crippen LogP contribution in [0, 0.1) is 10.1 Å². The molecule has 0 spiro atoms. The standard InChI is InChI=1S/C24H21ClN4O5/c1-16(18-5-3-2-4-6-18)27-23(30)15-34-20-10-7-17(8-11-20)14-26-28-24(31)19-9-12-21(25)22(13-19)29(32)33/h2-14,16H,15H2,1H3,(H,27,30)(H,28,31)/b26-14-/t16-/m1/s1. The molecule has 9 nitrogen and oxygen atoms in total. The van der Waals surface area contributed by atoms with Gasteiger partial charge in [0.15, 0.2) is 6.61 Å². The second kappa shape index (κ2) is 11.6. The number of benzene rings is 3. The number of nitrogens with zero attached hydrogens (tertiary/aromatic N) is 2. The Bertz CT molecular complexity index is 1200. The summed E-state index contributed by atoms with van der Waals surface area (Å²) in [4.78, 5) is 34.5. The Balaban J connectivity index is 1.48. The third kappa shape index (κ3) is 6.88. The summed E-state index contributed by atoms with van der Waals surface area (Å²) in [5.41, 5.74) is 3.65. The van der Waals surface area contributed by atoms with Crippen molar-refractivity contribution in [1.82, 2.24) is 10.7 Å². The van der Waals surface area contributed by atoms with Crippen molar-refractivity contribution in [3.05, 3.63) is 105 Å². The Hall–Kier alpha value is -4.24. The van der Waals surface area contributed by atoms with Crippen molar-refractivity contribution in [2.75, 3.05) is 6.61 Å². The van der Waals surface area contributed by atoms with E-state index in [0.717, 1.165) is 11.6 Å². The van der Waals surface area contributed by atoms with Gasteiger partial charge in [-0.2, -0.15) is 5.10 Å². The molecule has 10 heteroatoms. The molecule has 2 N–H and O–H groups in total. The smallest absolute Gasteiger partial charge is 0.288 e. The average molecular weight is 481 g/mol. The van der Waals surface area contributed by atoms with E-state index in [0.29, 0.717) is 11.3 Å². The van der Waals surface area contributed by atoms with Gasteiger partial charge in [0.05, 0.1) is 17.2 Å². The summed E-state index contributed by atoms with van der Waals surface area (Å²) in [5, 5.41) is 17.6. The van der Waals surface area contributed by atoms with E-state index < -0.39 is 10.8 Å². The number of amides is 2. The number of carbonyl (C=O) groups excluding carboxylic acids is 2. The lowest BCUT2D eigenvalue weighted by Crippen LogP contribution is -2.31. The lowest BCUT2D eigenvalue weighted by Gasteiger charge is -2.14. The fourth-order valence-corrected chi connectivity index (χ4v) is 3.12. The Morgan fingerprint density at radius 2 is 1.82 bits per heavy atom. The number of hydrogen-bond acceptors (Lipinski definition) is 6. The van der Waals surface area contributed by atoms with Crippen LogP contribution in [0.1, 0.15) is 34.5 Å². The predicted molar refractivity (Wildman–Crippen MR) is 128 cm³/mol. The van der Waals surface area contributed by atoms with Crippen LogP contribution in [-0.2, 0) is 4.79 Å². The summed E-state index contributed by atoms with van der Waals surface area (Å²) < 4.78 is 5.51. The molecule has 174 valence electrons. The van der Waals surface area contributed by atoms with Gasteiger partial charge in [-0.1, -0.05) is 41.9 Å². The summed E-state index contributed by atoms with van der Waals surface area (Å²) in [6.45, 7) is 1.77. The molecule has 0 bridgehead atoms. The highest BCUT2D eigenvalue weighted by Gasteiger charge is 2.16. The van der Waals surface area contributed by atoms with E-state index in [9.17, 15) is 19.7 Å². The van der Waals surface area contributed by atoms with Crippen LogP contribution in [0.2, 0.25) is 5.02 Å². The Morgan fingerprint density at radius 1 is 1.12 bits per heavy atom. The minimum absolute atomic E-state index is 0.0526. The zero-order chi connectivity index (χ0) is 24.5. The van der Waals surface area contributed by atoms with Gasteiger partial charge in [-0.3, -0.25) is 19.7 Å². The first kappa shape index (κ1) is 24.4. The number of nitro groups is 1. The minimum atomic E-state index is -0.667. The maximum absolute atomic E-state index is 12.1. The van der Waals surface area contributed by atoms with E-state index in [1.54, 1.807) is 24.3 Å². The van der Waals surface area contributed by atoms with Gasteiger partial charge in [0.2, 0.25) is 0 Å². The van der Waals surface area contributed by atoms with Crippen LogP contribution in [0.15, 0.2) is 77.9 Å². The van der Waals surface area contributed by atoms with Gasteiger partial charge in [-0.15, -0.1) is 0 Å². The monoisotopic (exact) mass is 480 g/mol. The Labute approximate surface area is 200 Å². The lowest BCUT2D eigenvalue weighted by molar-refractivity contribution is -0.384. The van der Waals surface area contributed by atoms with Crippen LogP contribution in [0.25, 0.3) is 0 Å². The first-order valence-electron chi connectivity index (χ1n) is 10.2. The molecular weight excluding hydrogens is 460 g/mol. The largest absolute Gasteiger partial charge is 0.484 e. The van der Waals surface area contributed by atoms with Crippen molar-refractivity contribution in [3.8, 4) is 5.75 Å². The van der Waals surface area contributed by atoms with Gasteiger partial charge < -0.3 is 10.1 Å². The van der Waals surface area contributed by atoms with Crippen LogP contribution < -0.4 is 15.5 Å². The van der Waals surface area contributed by atoms with Gasteiger partial charge in [-0.05, 0) is 54.4 Å². The Kier molecular flexibility index (Phi) is 8.31. The van der Waals surface area contributed by atoms with E-state index in [1.807, 2.05) is 37.3 Å². The first-order valence-corrected chi connectivity index (χ1v) is 10.6. The fraction of sp³-hybridized carbons (Fsp3) is 0.125. The van der Waals surface area contributed by atoms with Gasteiger partial charge in [0.1, 0.15) is 10.8 Å². The van der Waals surface area contributed by atoms with Crippen molar-refractivity contribution in [2.24, 2.45) is 5.10 Å². The topological polar surface area (TPSA) is 123 Å². The molecular formula is C24H21ClN4O5. The second-order valence-electron chi connectivity index (χ2n) is 7.18. The molecule has 0 unspecified atom stereocenters. The van der Waals surface area contributed by atoms with Gasteiger partial charge >= 0.3 is 0 Å². The number of nitrogens with one attached hydrogen (secondary N) is 2. The zero-order valence-corrected chi connectivity index (χ0v) is 18.9. The van der Waals surface area contributed by atoms with Crippen molar-refractivity contribution in [1.29, 1.82) is 0 Å². The third-order valence-electron chi connectivity index (χ3n) is 4.71. The molecule has 3 aromatic rings.